The minimum Gasteiger partial charge on any atom is -0.488 e. The molecule has 164 valence electrons. The van der Waals surface area contributed by atoms with Crippen LogP contribution in [0.3, 0.4) is 0 Å². The number of benzene rings is 2. The summed E-state index contributed by atoms with van der Waals surface area (Å²) in [6.45, 7) is 7.30. The molecule has 1 heterocycles. The summed E-state index contributed by atoms with van der Waals surface area (Å²) in [5.41, 5.74) is 3.60. The highest BCUT2D eigenvalue weighted by Crippen LogP contribution is 2.29. The number of allylic oxidation sites excluding steroid dienone is 1. The van der Waals surface area contributed by atoms with Gasteiger partial charge in [0.05, 0.1) is 0 Å². The zero-order chi connectivity index (χ0) is 21.7. The monoisotopic (exact) mass is 433 g/mol. The Morgan fingerprint density at radius 1 is 0.903 bits per heavy atom. The Balaban J connectivity index is 1.81. The van der Waals surface area contributed by atoms with E-state index in [2.05, 4.69) is 90.9 Å². The molecule has 3 heteroatoms. The number of rotatable bonds is 13. The SMILES string of the molecule is CCCCN(CCCC)c1ccc(/C=C/Cc2cccs2)c(OCc2ccccc2)c1. The standard InChI is InChI=1S/C28H35NOS/c1-3-5-19-29(20-6-4-2)26-18-17-25(14-10-15-27-16-11-21-31-27)28(22-26)30-23-24-12-8-7-9-13-24/h7-14,16-18,21-22H,3-6,15,19-20,23H2,1-2H3/b14-10+. The number of hydrogen-bond acceptors (Lipinski definition) is 3. The lowest BCUT2D eigenvalue weighted by Gasteiger charge is -2.25. The number of thiophene rings is 1. The van der Waals surface area contributed by atoms with Crippen LogP contribution in [0.25, 0.3) is 6.08 Å². The predicted octanol–water partition coefficient (Wildman–Crippen LogP) is 7.99. The Morgan fingerprint density at radius 3 is 2.35 bits per heavy atom. The molecule has 3 rings (SSSR count). The summed E-state index contributed by atoms with van der Waals surface area (Å²) in [6.07, 6.45) is 10.2. The fourth-order valence-corrected chi connectivity index (χ4v) is 4.20. The summed E-state index contributed by atoms with van der Waals surface area (Å²) in [5, 5.41) is 2.13. The fraction of sp³-hybridized carbons (Fsp3) is 0.357. The lowest BCUT2D eigenvalue weighted by molar-refractivity contribution is 0.305. The van der Waals surface area contributed by atoms with Gasteiger partial charge in [-0.25, -0.2) is 0 Å². The summed E-state index contributed by atoms with van der Waals surface area (Å²) in [7, 11) is 0. The largest absolute Gasteiger partial charge is 0.488 e. The van der Waals surface area contributed by atoms with Crippen LogP contribution in [0.2, 0.25) is 0 Å². The zero-order valence-corrected chi connectivity index (χ0v) is 19.7. The van der Waals surface area contributed by atoms with Gasteiger partial charge in [-0.05, 0) is 42.0 Å². The second-order valence-electron chi connectivity index (χ2n) is 7.88. The second kappa shape index (κ2) is 13.0. The van der Waals surface area contributed by atoms with Gasteiger partial charge in [-0.3, -0.25) is 0 Å². The molecule has 0 amide bonds. The highest BCUT2D eigenvalue weighted by Gasteiger charge is 2.10. The van der Waals surface area contributed by atoms with Gasteiger partial charge < -0.3 is 9.64 Å². The molecule has 0 N–H and O–H groups in total. The molecule has 0 atom stereocenters. The third kappa shape index (κ3) is 7.59. The van der Waals surface area contributed by atoms with E-state index >= 15 is 0 Å². The zero-order valence-electron chi connectivity index (χ0n) is 18.9. The van der Waals surface area contributed by atoms with Crippen LogP contribution in [0.4, 0.5) is 5.69 Å². The number of hydrogen-bond donors (Lipinski definition) is 0. The van der Waals surface area contributed by atoms with Gasteiger partial charge in [-0.15, -0.1) is 11.3 Å². The highest BCUT2D eigenvalue weighted by atomic mass is 32.1. The molecule has 31 heavy (non-hydrogen) atoms. The minimum absolute atomic E-state index is 0.583. The van der Waals surface area contributed by atoms with Gasteiger partial charge in [-0.2, -0.15) is 0 Å². The highest BCUT2D eigenvalue weighted by molar-refractivity contribution is 7.09. The lowest BCUT2D eigenvalue weighted by atomic mass is 10.1. The van der Waals surface area contributed by atoms with E-state index in [1.54, 1.807) is 11.3 Å². The average Bonchev–Trinajstić information content (AvgIpc) is 3.33. The molecule has 2 nitrogen and oxygen atoms in total. The number of nitrogens with zero attached hydrogens (tertiary/aromatic N) is 1. The van der Waals surface area contributed by atoms with Gasteiger partial charge >= 0.3 is 0 Å². The normalized spacial score (nSPS) is 11.2. The molecule has 0 saturated heterocycles. The van der Waals surface area contributed by atoms with Crippen molar-refractivity contribution in [2.24, 2.45) is 0 Å². The van der Waals surface area contributed by atoms with Crippen molar-refractivity contribution in [3.8, 4) is 5.75 Å². The minimum atomic E-state index is 0.583. The Labute approximate surface area is 192 Å². The Morgan fingerprint density at radius 2 is 1.68 bits per heavy atom. The molecule has 0 aliphatic carbocycles. The van der Waals surface area contributed by atoms with Crippen LogP contribution >= 0.6 is 11.3 Å². The molecular weight excluding hydrogens is 398 g/mol. The lowest BCUT2D eigenvalue weighted by Crippen LogP contribution is -2.25. The van der Waals surface area contributed by atoms with Crippen LogP contribution in [0.5, 0.6) is 5.75 Å². The van der Waals surface area contributed by atoms with Gasteiger partial charge in [-0.1, -0.05) is 75.2 Å². The first-order valence-corrected chi connectivity index (χ1v) is 12.4. The molecule has 0 aliphatic heterocycles. The van der Waals surface area contributed by atoms with E-state index in [9.17, 15) is 0 Å². The van der Waals surface area contributed by atoms with E-state index in [0.29, 0.717) is 6.61 Å². The summed E-state index contributed by atoms with van der Waals surface area (Å²) < 4.78 is 6.34. The molecule has 0 saturated carbocycles. The van der Waals surface area contributed by atoms with E-state index in [1.807, 2.05) is 6.07 Å². The summed E-state index contributed by atoms with van der Waals surface area (Å²) in [5.74, 6) is 0.960. The third-order valence-corrected chi connectivity index (χ3v) is 6.26. The Kier molecular flexibility index (Phi) is 9.72. The van der Waals surface area contributed by atoms with Crippen LogP contribution in [-0.2, 0) is 13.0 Å². The maximum Gasteiger partial charge on any atom is 0.129 e. The van der Waals surface area contributed by atoms with Crippen molar-refractivity contribution in [3.63, 3.8) is 0 Å². The first-order chi connectivity index (χ1) is 15.3. The van der Waals surface area contributed by atoms with Crippen LogP contribution in [0.15, 0.2) is 72.1 Å². The maximum absolute atomic E-state index is 6.34. The van der Waals surface area contributed by atoms with Crippen LogP contribution < -0.4 is 9.64 Å². The molecule has 1 aromatic heterocycles. The smallest absolute Gasteiger partial charge is 0.129 e. The predicted molar refractivity (Wildman–Crippen MR) is 136 cm³/mol. The summed E-state index contributed by atoms with van der Waals surface area (Å²) in [6, 6.07) is 21.4. The third-order valence-electron chi connectivity index (χ3n) is 5.36. The second-order valence-corrected chi connectivity index (χ2v) is 8.91. The van der Waals surface area contributed by atoms with E-state index in [1.165, 1.54) is 41.8 Å². The van der Waals surface area contributed by atoms with Crippen molar-refractivity contribution in [3.05, 3.63) is 88.1 Å². The number of unbranched alkanes of at least 4 members (excludes halogenated alkanes) is 2. The number of ether oxygens (including phenoxy) is 1. The van der Waals surface area contributed by atoms with Crippen LogP contribution in [0, 0.1) is 0 Å². The molecular formula is C28H35NOS. The molecule has 0 radical (unpaired) electrons. The fourth-order valence-electron chi connectivity index (χ4n) is 3.52. The van der Waals surface area contributed by atoms with Crippen molar-refractivity contribution < 1.29 is 4.74 Å². The molecule has 0 fully saturated rings. The van der Waals surface area contributed by atoms with Gasteiger partial charge in [0.1, 0.15) is 12.4 Å². The van der Waals surface area contributed by atoms with Gasteiger partial charge in [0.2, 0.25) is 0 Å². The molecule has 0 bridgehead atoms. The van der Waals surface area contributed by atoms with Crippen molar-refractivity contribution in [1.29, 1.82) is 0 Å². The van der Waals surface area contributed by atoms with Gasteiger partial charge in [0.15, 0.2) is 0 Å². The first kappa shape index (κ1) is 23.1. The van der Waals surface area contributed by atoms with Gasteiger partial charge in [0.25, 0.3) is 0 Å². The van der Waals surface area contributed by atoms with E-state index in [4.69, 9.17) is 4.74 Å². The van der Waals surface area contributed by atoms with Crippen molar-refractivity contribution in [1.82, 2.24) is 0 Å². The maximum atomic E-state index is 6.34. The number of anilines is 1. The van der Waals surface area contributed by atoms with Crippen LogP contribution in [0.1, 0.15) is 55.5 Å². The van der Waals surface area contributed by atoms with Crippen molar-refractivity contribution >= 4 is 23.1 Å². The molecule has 0 unspecified atom stereocenters. The molecule has 3 aromatic rings. The Bertz CT molecular complexity index is 894. The van der Waals surface area contributed by atoms with E-state index in [0.717, 1.165) is 30.8 Å². The Hall–Kier alpha value is -2.52. The summed E-state index contributed by atoms with van der Waals surface area (Å²) >= 11 is 1.80. The van der Waals surface area contributed by atoms with Crippen molar-refractivity contribution in [2.45, 2.75) is 52.6 Å². The van der Waals surface area contributed by atoms with Gasteiger partial charge in [0, 0.05) is 41.7 Å². The van der Waals surface area contributed by atoms with E-state index in [-0.39, 0.29) is 0 Å². The topological polar surface area (TPSA) is 12.5 Å². The average molecular weight is 434 g/mol. The first-order valence-electron chi connectivity index (χ1n) is 11.5. The van der Waals surface area contributed by atoms with Crippen LogP contribution in [-0.4, -0.2) is 13.1 Å². The quantitative estimate of drug-likeness (QED) is 0.271. The summed E-state index contributed by atoms with van der Waals surface area (Å²) in [4.78, 5) is 3.89. The van der Waals surface area contributed by atoms with E-state index < -0.39 is 0 Å². The molecule has 2 aromatic carbocycles. The molecule has 0 spiro atoms. The van der Waals surface area contributed by atoms with Crippen molar-refractivity contribution in [2.75, 3.05) is 18.0 Å². The molecule has 0 aliphatic rings.